The molecule has 0 fully saturated rings. The van der Waals surface area contributed by atoms with E-state index in [2.05, 4.69) is 168 Å². The highest BCUT2D eigenvalue weighted by Crippen LogP contribution is 2.16. The number of likely N-dealkylation sites (N-methyl/N-ethyl adjacent to an activating group) is 1. The van der Waals surface area contributed by atoms with Crippen molar-refractivity contribution in [1.82, 2.24) is 15.2 Å². The lowest BCUT2D eigenvalue weighted by Gasteiger charge is -2.11. The summed E-state index contributed by atoms with van der Waals surface area (Å²) in [5, 5.41) is 12.4. The van der Waals surface area contributed by atoms with Gasteiger partial charge < -0.3 is 26.1 Å². The van der Waals surface area contributed by atoms with Gasteiger partial charge in [-0.2, -0.15) is 5.10 Å². The van der Waals surface area contributed by atoms with Crippen molar-refractivity contribution < 1.29 is 9.90 Å². The Morgan fingerprint density at radius 1 is 0.326 bits per heavy atom. The van der Waals surface area contributed by atoms with E-state index in [1.807, 2.05) is 0 Å². The summed E-state index contributed by atoms with van der Waals surface area (Å²) >= 11 is 0. The minimum Gasteiger partial charge on any atom is -0.397 e. The number of aliphatic hydroxyl groups excluding tert-OH is 1. The monoisotopic (exact) mass is 1290 g/mol. The fourth-order valence-corrected chi connectivity index (χ4v) is 10.5. The molecule has 0 spiro atoms. The van der Waals surface area contributed by atoms with Crippen LogP contribution in [0.5, 0.6) is 0 Å². The van der Waals surface area contributed by atoms with Gasteiger partial charge in [-0.1, -0.05) is 279 Å². The van der Waals surface area contributed by atoms with E-state index in [1.54, 1.807) is 6.92 Å². The van der Waals surface area contributed by atoms with Crippen LogP contribution in [0.2, 0.25) is 0 Å². The van der Waals surface area contributed by atoms with Gasteiger partial charge in [0.05, 0.1) is 0 Å². The summed E-state index contributed by atoms with van der Waals surface area (Å²) < 4.78 is 0. The lowest BCUT2D eigenvalue weighted by atomic mass is 10.0. The van der Waals surface area contributed by atoms with E-state index in [9.17, 15) is 4.79 Å². The van der Waals surface area contributed by atoms with E-state index < -0.39 is 0 Å². The van der Waals surface area contributed by atoms with E-state index in [-0.39, 0.29) is 6.61 Å². The number of Topliss-reactive ketones (excluding diaryl/α,β-unsaturated/α-hetero) is 1. The maximum atomic E-state index is 12.1. The molecule has 4 N–H and O–H groups in total. The minimum atomic E-state index is 0.250. The number of nitrogens with zero attached hydrogens (tertiary/aromatic N) is 3. The molecule has 7 heteroatoms. The van der Waals surface area contributed by atoms with Gasteiger partial charge in [0.2, 0.25) is 0 Å². The molecule has 0 atom stereocenters. The third-order valence-electron chi connectivity index (χ3n) is 16.4. The lowest BCUT2D eigenvalue weighted by Crippen LogP contribution is -2.24. The number of allylic oxidation sites excluding steroid dienone is 16. The molecule has 0 aromatic rings. The van der Waals surface area contributed by atoms with Gasteiger partial charge >= 0.3 is 0 Å². The van der Waals surface area contributed by atoms with E-state index in [4.69, 9.17) is 15.9 Å². The first-order valence-electron chi connectivity index (χ1n) is 39.8. The molecule has 7 nitrogen and oxygen atoms in total. The van der Waals surface area contributed by atoms with E-state index in [0.717, 1.165) is 84.0 Å². The van der Waals surface area contributed by atoms with E-state index in [0.29, 0.717) is 5.78 Å². The smallest absolute Gasteiger partial charge is 0.132 e. The summed E-state index contributed by atoms with van der Waals surface area (Å²) in [4.78, 5) is 16.5. The maximum absolute atomic E-state index is 12.1. The van der Waals surface area contributed by atoms with Crippen LogP contribution in [0.4, 0.5) is 0 Å². The average Bonchev–Trinajstić information content (AvgIpc) is 3.67. The van der Waals surface area contributed by atoms with Crippen molar-refractivity contribution in [2.45, 2.75) is 375 Å². The van der Waals surface area contributed by atoms with Gasteiger partial charge in [-0.05, 0) is 222 Å². The van der Waals surface area contributed by atoms with Crippen molar-refractivity contribution in [2.75, 3.05) is 61.0 Å². The Labute approximate surface area is 577 Å². The molecular weight excluding hydrogens is 1120 g/mol. The number of hydrogen-bond acceptors (Lipinski definition) is 7. The molecular formula is C85H163N5O2. The Morgan fingerprint density at radius 2 is 0.554 bits per heavy atom. The normalized spacial score (nSPS) is 11.9. The van der Waals surface area contributed by atoms with Crippen molar-refractivity contribution in [3.05, 3.63) is 97.2 Å². The van der Waals surface area contributed by atoms with Crippen molar-refractivity contribution in [3.63, 3.8) is 0 Å². The first-order valence-corrected chi connectivity index (χ1v) is 39.8. The average molecular weight is 1290 g/mol. The quantitative estimate of drug-likeness (QED) is 0.0243. The maximum Gasteiger partial charge on any atom is 0.132 e. The SMILES string of the molecule is CCCCC/C=C\C/C=C\CCCCCCCCC(=O)CCCCCCCC/C=C\C/C=C\CCCCC.CCCCC/C=C\C/C=C\CCCCCCCCC(CCCCCCCC/C=C\C/C=C\CCCCC)=NNCCN(C)C.CCO.CN(C)CCCN. The summed E-state index contributed by atoms with van der Waals surface area (Å²) in [6.07, 6.45) is 104. The van der Waals surface area contributed by atoms with Crippen molar-refractivity contribution in [2.24, 2.45) is 10.8 Å². The summed E-state index contributed by atoms with van der Waals surface area (Å²) in [6.45, 7) is 14.9. The molecule has 0 aromatic heterocycles. The number of hydrogen-bond donors (Lipinski definition) is 3. The predicted molar refractivity (Wildman–Crippen MR) is 420 cm³/mol. The fourth-order valence-electron chi connectivity index (χ4n) is 10.5. The molecule has 0 radical (unpaired) electrons. The molecule has 0 heterocycles. The van der Waals surface area contributed by atoms with Crippen LogP contribution < -0.4 is 11.2 Å². The molecule has 0 aliphatic carbocycles. The second-order valence-corrected chi connectivity index (χ2v) is 26.5. The molecule has 0 saturated carbocycles. The van der Waals surface area contributed by atoms with Crippen molar-refractivity contribution in [3.8, 4) is 0 Å². The van der Waals surface area contributed by atoms with Crippen LogP contribution >= 0.6 is 0 Å². The first kappa shape index (κ1) is 95.3. The zero-order valence-electron chi connectivity index (χ0n) is 63.5. The summed E-state index contributed by atoms with van der Waals surface area (Å²) in [6, 6.07) is 0. The second-order valence-electron chi connectivity index (χ2n) is 26.5. The number of nitrogens with two attached hydrogens (primary N) is 1. The number of ketones is 1. The minimum absolute atomic E-state index is 0.250. The van der Waals surface area contributed by atoms with Gasteiger partial charge in [0.15, 0.2) is 0 Å². The van der Waals surface area contributed by atoms with Gasteiger partial charge in [-0.25, -0.2) is 0 Å². The molecule has 540 valence electrons. The number of carbonyl (C=O) groups is 1. The van der Waals surface area contributed by atoms with Crippen molar-refractivity contribution >= 4 is 11.5 Å². The van der Waals surface area contributed by atoms with Gasteiger partial charge in [-0.3, -0.25) is 4.79 Å². The Morgan fingerprint density at radius 3 is 0.783 bits per heavy atom. The highest BCUT2D eigenvalue weighted by atomic mass is 16.2. The summed E-state index contributed by atoms with van der Waals surface area (Å²) in [5.41, 5.74) is 10.0. The molecule has 0 rings (SSSR count). The standard InChI is InChI=1S/C41H77N3.C37H66O.C5H14N2.C2H6O/c1-5-7-9-11-13-15-17-19-21-23-25-27-29-31-33-35-37-41(43-42-39-40-44(3)4)38-36-34-32-30-28-26-24-22-20-18-16-14-12-10-8-6-2;1-3-5-7-9-11-13-15-17-19-21-23-25-27-29-31-33-35-37(38)36-34-32-30-28-26-24-22-20-18-16-14-12-10-8-6-4-2;1-7(2)5-3-4-6;1-2-3/h13-16,19-22,42H,5-12,17-18,23-40H2,1-4H3;11-14,17-20H,3-10,15-16,21-36H2,1-2H3;3-6H2,1-2H3;3H,2H2,1H3/b15-13-,16-14-,21-19-,22-20-;13-11-,14-12-,19-17-,20-18-;;. The third kappa shape index (κ3) is 100. The Balaban J connectivity index is -0.000000737. The summed E-state index contributed by atoms with van der Waals surface area (Å²) in [5.74, 6) is 0.499. The van der Waals surface area contributed by atoms with Gasteiger partial charge in [0.25, 0.3) is 0 Å². The fraction of sp³-hybridized carbons (Fsp3) is 0.788. The molecule has 0 aromatic carbocycles. The number of hydrazone groups is 1. The van der Waals surface area contributed by atoms with Crippen LogP contribution in [0.1, 0.15) is 375 Å². The van der Waals surface area contributed by atoms with E-state index >= 15 is 0 Å². The first-order chi connectivity index (χ1) is 45.2. The molecule has 0 saturated heterocycles. The van der Waals surface area contributed by atoms with Gasteiger partial charge in [-0.15, -0.1) is 0 Å². The van der Waals surface area contributed by atoms with Gasteiger partial charge in [0.1, 0.15) is 5.78 Å². The number of unbranched alkanes of at least 4 members (excludes halogenated alkanes) is 36. The van der Waals surface area contributed by atoms with Crippen LogP contribution in [0, 0.1) is 0 Å². The van der Waals surface area contributed by atoms with Crippen LogP contribution in [-0.2, 0) is 4.79 Å². The van der Waals surface area contributed by atoms with Crippen molar-refractivity contribution in [1.29, 1.82) is 0 Å². The molecule has 0 amide bonds. The second kappa shape index (κ2) is 92.1. The molecule has 92 heavy (non-hydrogen) atoms. The molecule has 0 bridgehead atoms. The highest BCUT2D eigenvalue weighted by Gasteiger charge is 2.04. The zero-order valence-corrected chi connectivity index (χ0v) is 63.5. The molecule has 0 unspecified atom stereocenters. The van der Waals surface area contributed by atoms with Crippen LogP contribution in [0.15, 0.2) is 102 Å². The number of aliphatic hydroxyl groups is 1. The Kier molecular flexibility index (Phi) is 95.4. The Bertz CT molecular complexity index is 1540. The third-order valence-corrected chi connectivity index (χ3v) is 16.4. The largest absolute Gasteiger partial charge is 0.397 e. The predicted octanol–water partition coefficient (Wildman–Crippen LogP) is 25.8. The molecule has 0 aliphatic rings. The number of nitrogens with one attached hydrogen (secondary N) is 1. The molecule has 0 aliphatic heterocycles. The van der Waals surface area contributed by atoms with Crippen LogP contribution in [0.25, 0.3) is 0 Å². The summed E-state index contributed by atoms with van der Waals surface area (Å²) in [7, 11) is 8.35. The van der Waals surface area contributed by atoms with Crippen LogP contribution in [0.3, 0.4) is 0 Å². The van der Waals surface area contributed by atoms with E-state index in [1.165, 1.54) is 288 Å². The topological polar surface area (TPSA) is 94.2 Å². The number of carbonyl (C=O) groups excluding carboxylic acids is 1. The highest BCUT2D eigenvalue weighted by molar-refractivity contribution is 5.84. The van der Waals surface area contributed by atoms with Crippen LogP contribution in [-0.4, -0.2) is 87.4 Å². The van der Waals surface area contributed by atoms with Gasteiger partial charge in [0, 0.05) is 38.2 Å². The lowest BCUT2D eigenvalue weighted by molar-refractivity contribution is -0.119. The Hall–Kier alpha value is -3.10. The zero-order chi connectivity index (χ0) is 68.0. The number of rotatable bonds is 67.